The van der Waals surface area contributed by atoms with Gasteiger partial charge in [0.05, 0.1) is 12.3 Å². The standard InChI is InChI=1S/C12H21N3O3S/c1-3-6-11(13)12(16)15-8-5-4-7-10(15)9-14-19(2,17)18/h1,10-11,14H,4-9,13H2,2H3. The number of terminal acetylenes is 1. The number of carbonyl (C=O) groups excluding carboxylic acids is 1. The molecule has 0 aromatic carbocycles. The van der Waals surface area contributed by atoms with Crippen molar-refractivity contribution in [3.63, 3.8) is 0 Å². The summed E-state index contributed by atoms with van der Waals surface area (Å²) in [5.41, 5.74) is 5.73. The Bertz CT molecular complexity index is 455. The molecular weight excluding hydrogens is 266 g/mol. The van der Waals surface area contributed by atoms with E-state index in [4.69, 9.17) is 12.2 Å². The maximum atomic E-state index is 12.2. The maximum Gasteiger partial charge on any atom is 0.240 e. The monoisotopic (exact) mass is 287 g/mol. The number of hydrogen-bond donors (Lipinski definition) is 2. The van der Waals surface area contributed by atoms with Crippen molar-refractivity contribution >= 4 is 15.9 Å². The molecule has 7 heteroatoms. The molecule has 0 spiro atoms. The molecule has 1 aliphatic rings. The third-order valence-corrected chi connectivity index (χ3v) is 3.84. The van der Waals surface area contributed by atoms with Gasteiger partial charge >= 0.3 is 0 Å². The minimum Gasteiger partial charge on any atom is -0.337 e. The average molecular weight is 287 g/mol. The molecule has 6 nitrogen and oxygen atoms in total. The Morgan fingerprint density at radius 3 is 2.84 bits per heavy atom. The van der Waals surface area contributed by atoms with Crippen LogP contribution in [0.1, 0.15) is 25.7 Å². The van der Waals surface area contributed by atoms with E-state index in [2.05, 4.69) is 10.6 Å². The Kier molecular flexibility index (Phi) is 5.79. The summed E-state index contributed by atoms with van der Waals surface area (Å²) in [6.07, 6.45) is 9.11. The van der Waals surface area contributed by atoms with Crippen molar-refractivity contribution in [3.8, 4) is 12.3 Å². The average Bonchev–Trinajstić information content (AvgIpc) is 2.35. The van der Waals surface area contributed by atoms with E-state index in [0.29, 0.717) is 6.54 Å². The summed E-state index contributed by atoms with van der Waals surface area (Å²) in [5.74, 6) is 2.18. The van der Waals surface area contributed by atoms with Crippen molar-refractivity contribution in [1.29, 1.82) is 0 Å². The number of nitrogens with two attached hydrogens (primary N) is 1. The summed E-state index contributed by atoms with van der Waals surface area (Å²) in [7, 11) is -3.25. The molecule has 1 aliphatic heterocycles. The number of hydrogen-bond acceptors (Lipinski definition) is 4. The first-order chi connectivity index (χ1) is 8.85. The van der Waals surface area contributed by atoms with E-state index in [9.17, 15) is 13.2 Å². The number of sulfonamides is 1. The van der Waals surface area contributed by atoms with Gasteiger partial charge < -0.3 is 10.6 Å². The van der Waals surface area contributed by atoms with Gasteiger partial charge in [-0.25, -0.2) is 13.1 Å². The van der Waals surface area contributed by atoms with Crippen LogP contribution in [0.4, 0.5) is 0 Å². The van der Waals surface area contributed by atoms with Gasteiger partial charge in [0.15, 0.2) is 0 Å². The highest BCUT2D eigenvalue weighted by atomic mass is 32.2. The lowest BCUT2D eigenvalue weighted by Crippen LogP contribution is -2.54. The van der Waals surface area contributed by atoms with Crippen LogP contribution in [-0.2, 0) is 14.8 Å². The van der Waals surface area contributed by atoms with Crippen LogP contribution in [0.15, 0.2) is 0 Å². The minimum absolute atomic E-state index is 0.139. The van der Waals surface area contributed by atoms with Crippen molar-refractivity contribution in [2.75, 3.05) is 19.3 Å². The molecule has 0 bridgehead atoms. The molecule has 2 atom stereocenters. The predicted octanol–water partition coefficient (Wildman–Crippen LogP) is -0.733. The van der Waals surface area contributed by atoms with E-state index >= 15 is 0 Å². The zero-order chi connectivity index (χ0) is 14.5. The SMILES string of the molecule is C#CCC(N)C(=O)N1CCCCC1CNS(C)(=O)=O. The third kappa shape index (κ3) is 5.19. The quantitative estimate of drug-likeness (QED) is 0.652. The van der Waals surface area contributed by atoms with Crippen LogP contribution < -0.4 is 10.5 Å². The van der Waals surface area contributed by atoms with Gasteiger partial charge in [-0.1, -0.05) is 0 Å². The number of amides is 1. The van der Waals surface area contributed by atoms with E-state index in [0.717, 1.165) is 25.5 Å². The zero-order valence-corrected chi connectivity index (χ0v) is 11.9. The molecule has 0 aliphatic carbocycles. The van der Waals surface area contributed by atoms with E-state index in [1.165, 1.54) is 0 Å². The summed E-state index contributed by atoms with van der Waals surface area (Å²) in [6.45, 7) is 0.834. The second-order valence-electron chi connectivity index (χ2n) is 4.82. The Morgan fingerprint density at radius 2 is 2.26 bits per heavy atom. The van der Waals surface area contributed by atoms with E-state index in [1.54, 1.807) is 4.90 Å². The summed E-state index contributed by atoms with van der Waals surface area (Å²) >= 11 is 0. The summed E-state index contributed by atoms with van der Waals surface area (Å²) in [6, 6.07) is -0.844. The van der Waals surface area contributed by atoms with Crippen LogP contribution >= 0.6 is 0 Å². The molecule has 0 aromatic heterocycles. The van der Waals surface area contributed by atoms with Crippen LogP contribution in [0.5, 0.6) is 0 Å². The molecule has 1 heterocycles. The van der Waals surface area contributed by atoms with Crippen LogP contribution in [0.25, 0.3) is 0 Å². The Morgan fingerprint density at radius 1 is 1.58 bits per heavy atom. The normalized spacial score (nSPS) is 21.7. The predicted molar refractivity (Wildman–Crippen MR) is 73.6 cm³/mol. The molecule has 19 heavy (non-hydrogen) atoms. The maximum absolute atomic E-state index is 12.2. The van der Waals surface area contributed by atoms with Crippen molar-refractivity contribution in [1.82, 2.24) is 9.62 Å². The molecule has 1 amide bonds. The Balaban J connectivity index is 2.67. The fourth-order valence-electron chi connectivity index (χ4n) is 2.18. The lowest BCUT2D eigenvalue weighted by atomic mass is 10.0. The zero-order valence-electron chi connectivity index (χ0n) is 11.1. The molecule has 108 valence electrons. The molecule has 2 unspecified atom stereocenters. The van der Waals surface area contributed by atoms with Crippen molar-refractivity contribution in [3.05, 3.63) is 0 Å². The van der Waals surface area contributed by atoms with Gasteiger partial charge in [-0.15, -0.1) is 12.3 Å². The summed E-state index contributed by atoms with van der Waals surface area (Å²) < 4.78 is 24.7. The van der Waals surface area contributed by atoms with Gasteiger partial charge in [-0.05, 0) is 19.3 Å². The number of rotatable bonds is 5. The lowest BCUT2D eigenvalue weighted by Gasteiger charge is -2.37. The number of piperidine rings is 1. The van der Waals surface area contributed by atoms with Gasteiger partial charge in [-0.3, -0.25) is 4.79 Å². The number of nitrogens with one attached hydrogen (secondary N) is 1. The highest BCUT2D eigenvalue weighted by molar-refractivity contribution is 7.88. The van der Waals surface area contributed by atoms with E-state index in [-0.39, 0.29) is 24.9 Å². The Labute approximate surface area is 114 Å². The van der Waals surface area contributed by atoms with Gasteiger partial charge in [0.2, 0.25) is 15.9 Å². The second-order valence-corrected chi connectivity index (χ2v) is 6.65. The van der Waals surface area contributed by atoms with Gasteiger partial charge in [0.25, 0.3) is 0 Å². The fraction of sp³-hybridized carbons (Fsp3) is 0.750. The summed E-state index contributed by atoms with van der Waals surface area (Å²) in [4.78, 5) is 13.8. The highest BCUT2D eigenvalue weighted by Gasteiger charge is 2.29. The molecule has 1 fully saturated rings. The number of nitrogens with zero attached hydrogens (tertiary/aromatic N) is 1. The van der Waals surface area contributed by atoms with E-state index in [1.807, 2.05) is 0 Å². The van der Waals surface area contributed by atoms with Gasteiger partial charge in [0, 0.05) is 25.6 Å². The second kappa shape index (κ2) is 6.89. The molecule has 0 radical (unpaired) electrons. The lowest BCUT2D eigenvalue weighted by molar-refractivity contribution is -0.136. The molecular formula is C12H21N3O3S. The van der Waals surface area contributed by atoms with Crippen molar-refractivity contribution in [2.24, 2.45) is 5.73 Å². The molecule has 0 saturated carbocycles. The minimum atomic E-state index is -3.25. The molecule has 1 saturated heterocycles. The van der Waals surface area contributed by atoms with Gasteiger partial charge in [-0.2, -0.15) is 0 Å². The molecule has 0 aromatic rings. The first-order valence-corrected chi connectivity index (χ1v) is 8.18. The van der Waals surface area contributed by atoms with Crippen molar-refractivity contribution < 1.29 is 13.2 Å². The summed E-state index contributed by atoms with van der Waals surface area (Å²) in [5, 5.41) is 0. The van der Waals surface area contributed by atoms with E-state index < -0.39 is 16.1 Å². The molecule has 1 rings (SSSR count). The van der Waals surface area contributed by atoms with Crippen molar-refractivity contribution in [2.45, 2.75) is 37.8 Å². The first-order valence-electron chi connectivity index (χ1n) is 6.29. The largest absolute Gasteiger partial charge is 0.337 e. The number of likely N-dealkylation sites (tertiary alicyclic amines) is 1. The smallest absolute Gasteiger partial charge is 0.240 e. The van der Waals surface area contributed by atoms with Crippen LogP contribution in [0.2, 0.25) is 0 Å². The Hall–Kier alpha value is -1.10. The van der Waals surface area contributed by atoms with Crippen LogP contribution in [0, 0.1) is 12.3 Å². The topological polar surface area (TPSA) is 92.5 Å². The van der Waals surface area contributed by atoms with Crippen LogP contribution in [-0.4, -0.2) is 50.7 Å². The number of carbonyl (C=O) groups is 1. The van der Waals surface area contributed by atoms with Gasteiger partial charge in [0.1, 0.15) is 0 Å². The third-order valence-electron chi connectivity index (χ3n) is 3.15. The fourth-order valence-corrected chi connectivity index (χ4v) is 2.67. The first kappa shape index (κ1) is 16.0. The van der Waals surface area contributed by atoms with Crippen LogP contribution in [0.3, 0.4) is 0 Å². The molecule has 3 N–H and O–H groups in total. The highest BCUT2D eigenvalue weighted by Crippen LogP contribution is 2.17.